The quantitative estimate of drug-likeness (QED) is 0.880. The molecule has 1 heterocycles. The third-order valence-corrected chi connectivity index (χ3v) is 3.75. The van der Waals surface area contributed by atoms with Gasteiger partial charge < -0.3 is 10.1 Å². The number of methoxy groups -OCH3 is 1. The number of carbonyl (C=O) groups is 2. The molecule has 0 atom stereocenters. The lowest BCUT2D eigenvalue weighted by molar-refractivity contribution is 0.0595. The van der Waals surface area contributed by atoms with Gasteiger partial charge in [-0.15, -0.1) is 5.10 Å². The zero-order chi connectivity index (χ0) is 16.3. The lowest BCUT2D eigenvalue weighted by atomic mass is 9.87. The van der Waals surface area contributed by atoms with Gasteiger partial charge in [-0.2, -0.15) is 0 Å². The molecule has 2 aromatic rings. The number of hydrogen-bond acceptors (Lipinski definition) is 6. The van der Waals surface area contributed by atoms with Gasteiger partial charge in [0, 0.05) is 17.1 Å². The monoisotopic (exact) mass is 319 g/mol. The minimum Gasteiger partial charge on any atom is -0.464 e. The van der Waals surface area contributed by atoms with Crippen molar-refractivity contribution in [2.24, 2.45) is 0 Å². The number of anilines is 1. The van der Waals surface area contributed by atoms with Crippen molar-refractivity contribution in [1.82, 2.24) is 9.59 Å². The van der Waals surface area contributed by atoms with Crippen molar-refractivity contribution < 1.29 is 14.3 Å². The average molecular weight is 319 g/mol. The van der Waals surface area contributed by atoms with E-state index in [-0.39, 0.29) is 22.0 Å². The average Bonchev–Trinajstić information content (AvgIpc) is 2.93. The van der Waals surface area contributed by atoms with E-state index in [1.54, 1.807) is 12.1 Å². The standard InChI is InChI=1S/C15H17N3O3S/c1-15(2,3)10-7-5-9(6-8-10)12(19)16-13-11(14(20)21-4)17-18-22-13/h5-8H,1-4H3,(H,16,19). The third kappa shape index (κ3) is 3.48. The van der Waals surface area contributed by atoms with Crippen LogP contribution in [0.3, 0.4) is 0 Å². The molecule has 1 N–H and O–H groups in total. The first-order valence-corrected chi connectivity index (χ1v) is 7.43. The molecule has 0 saturated carbocycles. The maximum atomic E-state index is 12.2. The fraction of sp³-hybridized carbons (Fsp3) is 0.333. The zero-order valence-corrected chi connectivity index (χ0v) is 13.7. The number of amides is 1. The van der Waals surface area contributed by atoms with Crippen molar-refractivity contribution in [3.8, 4) is 0 Å². The van der Waals surface area contributed by atoms with E-state index in [1.807, 2.05) is 12.1 Å². The molecule has 0 radical (unpaired) electrons. The van der Waals surface area contributed by atoms with Gasteiger partial charge in [-0.3, -0.25) is 4.79 Å². The van der Waals surface area contributed by atoms with Crippen molar-refractivity contribution in [2.45, 2.75) is 26.2 Å². The predicted octanol–water partition coefficient (Wildman–Crippen LogP) is 2.87. The Labute approximate surface area is 132 Å². The van der Waals surface area contributed by atoms with Crippen molar-refractivity contribution in [1.29, 1.82) is 0 Å². The second kappa shape index (κ2) is 6.23. The fourth-order valence-corrected chi connectivity index (χ4v) is 2.35. The highest BCUT2D eigenvalue weighted by atomic mass is 32.1. The Morgan fingerprint density at radius 2 is 1.82 bits per heavy atom. The minimum absolute atomic E-state index is 0.00663. The molecule has 1 aromatic heterocycles. The molecule has 7 heteroatoms. The topological polar surface area (TPSA) is 81.2 Å². The Balaban J connectivity index is 2.16. The van der Waals surface area contributed by atoms with E-state index in [0.717, 1.165) is 17.1 Å². The number of nitrogens with one attached hydrogen (secondary N) is 1. The summed E-state index contributed by atoms with van der Waals surface area (Å²) in [6, 6.07) is 7.34. The summed E-state index contributed by atoms with van der Waals surface area (Å²) >= 11 is 0.930. The molecule has 1 aromatic carbocycles. The minimum atomic E-state index is -0.632. The van der Waals surface area contributed by atoms with Crippen molar-refractivity contribution in [2.75, 3.05) is 12.4 Å². The van der Waals surface area contributed by atoms with Gasteiger partial charge in [-0.1, -0.05) is 37.4 Å². The van der Waals surface area contributed by atoms with E-state index in [0.29, 0.717) is 5.56 Å². The van der Waals surface area contributed by atoms with Crippen LogP contribution in [0.1, 0.15) is 47.2 Å². The van der Waals surface area contributed by atoms with Crippen molar-refractivity contribution in [3.05, 3.63) is 41.1 Å². The summed E-state index contributed by atoms with van der Waals surface area (Å²) in [5, 5.41) is 6.57. The van der Waals surface area contributed by atoms with Crippen LogP contribution in [-0.2, 0) is 10.2 Å². The predicted molar refractivity (Wildman–Crippen MR) is 84.3 cm³/mol. The number of nitrogens with zero attached hydrogens (tertiary/aromatic N) is 2. The summed E-state index contributed by atoms with van der Waals surface area (Å²) in [5.41, 5.74) is 1.66. The summed E-state index contributed by atoms with van der Waals surface area (Å²) < 4.78 is 8.25. The first-order chi connectivity index (χ1) is 10.3. The lowest BCUT2D eigenvalue weighted by Gasteiger charge is -2.19. The van der Waals surface area contributed by atoms with Crippen LogP contribution >= 0.6 is 11.5 Å². The summed E-state index contributed by atoms with van der Waals surface area (Å²) in [5.74, 6) is -0.955. The number of hydrogen-bond donors (Lipinski definition) is 1. The SMILES string of the molecule is COC(=O)c1nnsc1NC(=O)c1ccc(C(C)(C)C)cc1. The van der Waals surface area contributed by atoms with E-state index in [9.17, 15) is 9.59 Å². The first kappa shape index (κ1) is 16.1. The molecule has 1 amide bonds. The van der Waals surface area contributed by atoms with E-state index >= 15 is 0 Å². The molecule has 0 bridgehead atoms. The van der Waals surface area contributed by atoms with Gasteiger partial charge in [0.1, 0.15) is 0 Å². The molecule has 0 fully saturated rings. The molecule has 22 heavy (non-hydrogen) atoms. The molecule has 0 unspecified atom stereocenters. The molecule has 0 saturated heterocycles. The van der Waals surface area contributed by atoms with Gasteiger partial charge in [0.25, 0.3) is 5.91 Å². The van der Waals surface area contributed by atoms with Gasteiger partial charge >= 0.3 is 5.97 Å². The Bertz CT molecular complexity index is 687. The van der Waals surface area contributed by atoms with Crippen LogP contribution in [-0.4, -0.2) is 28.6 Å². The maximum Gasteiger partial charge on any atom is 0.361 e. The Morgan fingerprint density at radius 3 is 2.36 bits per heavy atom. The molecule has 0 spiro atoms. The van der Waals surface area contributed by atoms with Crippen LogP contribution < -0.4 is 5.32 Å². The second-order valence-corrected chi connectivity index (χ2v) is 6.48. The highest BCUT2D eigenvalue weighted by molar-refractivity contribution is 7.10. The summed E-state index contributed by atoms with van der Waals surface area (Å²) in [7, 11) is 1.25. The largest absolute Gasteiger partial charge is 0.464 e. The van der Waals surface area contributed by atoms with E-state index in [4.69, 9.17) is 0 Å². The van der Waals surface area contributed by atoms with Crippen LogP contribution in [0.15, 0.2) is 24.3 Å². The van der Waals surface area contributed by atoms with Crippen molar-refractivity contribution in [3.63, 3.8) is 0 Å². The van der Waals surface area contributed by atoms with E-state index < -0.39 is 5.97 Å². The molecule has 2 rings (SSSR count). The van der Waals surface area contributed by atoms with Crippen LogP contribution in [0.4, 0.5) is 5.00 Å². The molecular weight excluding hydrogens is 302 g/mol. The third-order valence-electron chi connectivity index (χ3n) is 3.11. The Kier molecular flexibility index (Phi) is 4.56. The second-order valence-electron chi connectivity index (χ2n) is 5.72. The van der Waals surface area contributed by atoms with Crippen LogP contribution in [0.25, 0.3) is 0 Å². The number of esters is 1. The smallest absolute Gasteiger partial charge is 0.361 e. The van der Waals surface area contributed by atoms with Crippen LogP contribution in [0.5, 0.6) is 0 Å². The summed E-state index contributed by atoms with van der Waals surface area (Å²) in [4.78, 5) is 23.7. The summed E-state index contributed by atoms with van der Waals surface area (Å²) in [6.45, 7) is 6.31. The van der Waals surface area contributed by atoms with Gasteiger partial charge in [0.05, 0.1) is 7.11 Å². The van der Waals surface area contributed by atoms with Gasteiger partial charge in [0.15, 0.2) is 5.00 Å². The fourth-order valence-electron chi connectivity index (χ4n) is 1.80. The molecular formula is C15H17N3O3S. The Hall–Kier alpha value is -2.28. The Morgan fingerprint density at radius 1 is 1.18 bits per heavy atom. The van der Waals surface area contributed by atoms with E-state index in [2.05, 4.69) is 40.4 Å². The number of carbonyl (C=O) groups excluding carboxylic acids is 2. The maximum absolute atomic E-state index is 12.2. The normalized spacial score (nSPS) is 11.1. The highest BCUT2D eigenvalue weighted by Gasteiger charge is 2.20. The highest BCUT2D eigenvalue weighted by Crippen LogP contribution is 2.23. The zero-order valence-electron chi connectivity index (χ0n) is 12.8. The number of rotatable bonds is 3. The number of benzene rings is 1. The van der Waals surface area contributed by atoms with Crippen LogP contribution in [0.2, 0.25) is 0 Å². The van der Waals surface area contributed by atoms with Crippen LogP contribution in [0, 0.1) is 0 Å². The molecule has 0 aliphatic carbocycles. The molecule has 0 aliphatic heterocycles. The molecule has 6 nitrogen and oxygen atoms in total. The number of ether oxygens (including phenoxy) is 1. The van der Waals surface area contributed by atoms with E-state index in [1.165, 1.54) is 7.11 Å². The lowest BCUT2D eigenvalue weighted by Crippen LogP contribution is -2.15. The first-order valence-electron chi connectivity index (χ1n) is 6.65. The van der Waals surface area contributed by atoms with Crippen molar-refractivity contribution >= 4 is 28.4 Å². The molecule has 116 valence electrons. The number of aromatic nitrogens is 2. The van der Waals surface area contributed by atoms with Gasteiger partial charge in [-0.05, 0) is 23.1 Å². The van der Waals surface area contributed by atoms with Gasteiger partial charge in [-0.25, -0.2) is 4.79 Å². The summed E-state index contributed by atoms with van der Waals surface area (Å²) in [6.07, 6.45) is 0. The van der Waals surface area contributed by atoms with Gasteiger partial charge in [0.2, 0.25) is 5.69 Å². The molecule has 0 aliphatic rings.